The van der Waals surface area contributed by atoms with E-state index in [1.54, 1.807) is 18.3 Å². The number of aryl methyl sites for hydroxylation is 1. The summed E-state index contributed by atoms with van der Waals surface area (Å²) in [6.45, 7) is 2.06. The van der Waals surface area contributed by atoms with Crippen molar-refractivity contribution >= 4 is 17.4 Å². The lowest BCUT2D eigenvalue weighted by molar-refractivity contribution is 0.846. The van der Waals surface area contributed by atoms with Crippen molar-refractivity contribution in [1.82, 2.24) is 14.4 Å². The van der Waals surface area contributed by atoms with E-state index in [9.17, 15) is 4.79 Å². The Balaban J connectivity index is 1.84. The molecule has 0 atom stereocenters. The second kappa shape index (κ2) is 5.46. The van der Waals surface area contributed by atoms with E-state index in [0.717, 1.165) is 5.75 Å². The predicted molar refractivity (Wildman–Crippen MR) is 80.0 cm³/mol. The minimum absolute atomic E-state index is 0.290. The number of hydrogen-bond acceptors (Lipinski definition) is 4. The van der Waals surface area contributed by atoms with Crippen LogP contribution in [0.4, 0.5) is 0 Å². The second-order valence-electron chi connectivity index (χ2n) is 4.49. The first-order valence-corrected chi connectivity index (χ1v) is 7.25. The highest BCUT2D eigenvalue weighted by atomic mass is 32.2. The molecule has 2 aromatic heterocycles. The van der Waals surface area contributed by atoms with Gasteiger partial charge in [0.05, 0.1) is 0 Å². The fourth-order valence-electron chi connectivity index (χ4n) is 1.84. The third-order valence-electron chi connectivity index (χ3n) is 2.93. The van der Waals surface area contributed by atoms with Gasteiger partial charge in [-0.1, -0.05) is 47.7 Å². The molecule has 2 heterocycles. The summed E-state index contributed by atoms with van der Waals surface area (Å²) in [5.41, 5.74) is 2.76. The van der Waals surface area contributed by atoms with E-state index in [1.807, 2.05) is 6.07 Å². The van der Waals surface area contributed by atoms with Crippen molar-refractivity contribution in [2.24, 2.45) is 0 Å². The maximum absolute atomic E-state index is 11.9. The van der Waals surface area contributed by atoms with Crippen LogP contribution in [0.1, 0.15) is 11.1 Å². The van der Waals surface area contributed by atoms with Crippen molar-refractivity contribution in [2.75, 3.05) is 0 Å². The number of pyridine rings is 1. The molecule has 0 amide bonds. The first-order chi connectivity index (χ1) is 9.72. The molecule has 3 rings (SSSR count). The van der Waals surface area contributed by atoms with Crippen molar-refractivity contribution in [3.63, 3.8) is 0 Å². The summed E-state index contributed by atoms with van der Waals surface area (Å²) in [7, 11) is 0. The lowest BCUT2D eigenvalue weighted by atomic mass is 10.2. The molecule has 0 bridgehead atoms. The molecule has 0 aliphatic rings. The number of thioether (sulfide) groups is 1. The average molecular weight is 283 g/mol. The van der Waals surface area contributed by atoms with Gasteiger partial charge in [0.1, 0.15) is 5.65 Å². The van der Waals surface area contributed by atoms with E-state index in [2.05, 4.69) is 41.2 Å². The van der Waals surface area contributed by atoms with E-state index in [1.165, 1.54) is 27.3 Å². The SMILES string of the molecule is Cc1ccc(CSc2nc(=O)n3ccccc3n2)cc1. The summed E-state index contributed by atoms with van der Waals surface area (Å²) >= 11 is 1.47. The van der Waals surface area contributed by atoms with E-state index in [-0.39, 0.29) is 5.69 Å². The van der Waals surface area contributed by atoms with Crippen LogP contribution in [-0.4, -0.2) is 14.4 Å². The van der Waals surface area contributed by atoms with Crippen LogP contribution in [0.2, 0.25) is 0 Å². The summed E-state index contributed by atoms with van der Waals surface area (Å²) < 4.78 is 1.44. The minimum Gasteiger partial charge on any atom is -0.251 e. The maximum Gasteiger partial charge on any atom is 0.355 e. The molecule has 1 aromatic carbocycles. The summed E-state index contributed by atoms with van der Waals surface area (Å²) in [5.74, 6) is 0.753. The van der Waals surface area contributed by atoms with Gasteiger partial charge < -0.3 is 0 Å². The topological polar surface area (TPSA) is 47.3 Å². The van der Waals surface area contributed by atoms with Crippen LogP contribution < -0.4 is 5.69 Å². The number of nitrogens with zero attached hydrogens (tertiary/aromatic N) is 3. The minimum atomic E-state index is -0.290. The van der Waals surface area contributed by atoms with E-state index in [0.29, 0.717) is 10.8 Å². The molecule has 4 nitrogen and oxygen atoms in total. The summed E-state index contributed by atoms with van der Waals surface area (Å²) in [6.07, 6.45) is 1.67. The Labute approximate surface area is 120 Å². The average Bonchev–Trinajstić information content (AvgIpc) is 2.47. The molecule has 0 saturated carbocycles. The van der Waals surface area contributed by atoms with Gasteiger partial charge in [0, 0.05) is 11.9 Å². The van der Waals surface area contributed by atoms with Gasteiger partial charge in [-0.2, -0.15) is 4.98 Å². The first kappa shape index (κ1) is 12.9. The molecule has 0 unspecified atom stereocenters. The Morgan fingerprint density at radius 1 is 1.10 bits per heavy atom. The molecule has 0 saturated heterocycles. The Morgan fingerprint density at radius 2 is 1.90 bits per heavy atom. The third kappa shape index (κ3) is 2.72. The molecule has 0 aliphatic heterocycles. The van der Waals surface area contributed by atoms with Crippen LogP contribution in [0.15, 0.2) is 58.6 Å². The maximum atomic E-state index is 11.9. The third-order valence-corrected chi connectivity index (χ3v) is 3.85. The van der Waals surface area contributed by atoms with E-state index < -0.39 is 0 Å². The molecule has 0 N–H and O–H groups in total. The zero-order chi connectivity index (χ0) is 13.9. The van der Waals surface area contributed by atoms with Crippen LogP contribution >= 0.6 is 11.8 Å². The number of aromatic nitrogens is 3. The molecule has 3 aromatic rings. The van der Waals surface area contributed by atoms with Crippen molar-refractivity contribution in [2.45, 2.75) is 17.8 Å². The normalized spacial score (nSPS) is 10.8. The standard InChI is InChI=1S/C15H13N3OS/c1-11-5-7-12(8-6-11)10-20-14-16-13-4-2-3-9-18(13)15(19)17-14/h2-9H,10H2,1H3. The smallest absolute Gasteiger partial charge is 0.251 e. The van der Waals surface area contributed by atoms with Gasteiger partial charge in [0.2, 0.25) is 0 Å². The van der Waals surface area contributed by atoms with Crippen LogP contribution in [0.3, 0.4) is 0 Å². The van der Waals surface area contributed by atoms with Gasteiger partial charge in [-0.3, -0.25) is 4.40 Å². The molecule has 0 spiro atoms. The Hall–Kier alpha value is -2.14. The van der Waals surface area contributed by atoms with Crippen LogP contribution in [-0.2, 0) is 5.75 Å². The highest BCUT2D eigenvalue weighted by Crippen LogP contribution is 2.18. The summed E-state index contributed by atoms with van der Waals surface area (Å²) in [4.78, 5) is 20.2. The Kier molecular flexibility index (Phi) is 3.52. The van der Waals surface area contributed by atoms with Gasteiger partial charge in [0.15, 0.2) is 5.16 Å². The van der Waals surface area contributed by atoms with Crippen molar-refractivity contribution < 1.29 is 0 Å². The zero-order valence-corrected chi connectivity index (χ0v) is 11.8. The lowest BCUT2D eigenvalue weighted by Crippen LogP contribution is -2.18. The highest BCUT2D eigenvalue weighted by molar-refractivity contribution is 7.98. The molecule has 5 heteroatoms. The van der Waals surface area contributed by atoms with E-state index in [4.69, 9.17) is 0 Å². The number of rotatable bonds is 3. The van der Waals surface area contributed by atoms with Crippen LogP contribution in [0.5, 0.6) is 0 Å². The lowest BCUT2D eigenvalue weighted by Gasteiger charge is -2.03. The van der Waals surface area contributed by atoms with Gasteiger partial charge in [-0.15, -0.1) is 0 Å². The molecular formula is C15H13N3OS. The van der Waals surface area contributed by atoms with Crippen molar-refractivity contribution in [3.05, 3.63) is 70.3 Å². The Morgan fingerprint density at radius 3 is 2.70 bits per heavy atom. The fraction of sp³-hybridized carbons (Fsp3) is 0.133. The summed E-state index contributed by atoms with van der Waals surface area (Å²) in [6, 6.07) is 13.8. The zero-order valence-electron chi connectivity index (χ0n) is 11.0. The molecular weight excluding hydrogens is 270 g/mol. The van der Waals surface area contributed by atoms with Crippen molar-refractivity contribution in [1.29, 1.82) is 0 Å². The first-order valence-electron chi connectivity index (χ1n) is 6.26. The van der Waals surface area contributed by atoms with Crippen molar-refractivity contribution in [3.8, 4) is 0 Å². The largest absolute Gasteiger partial charge is 0.355 e. The van der Waals surface area contributed by atoms with Gasteiger partial charge in [0.25, 0.3) is 0 Å². The van der Waals surface area contributed by atoms with Gasteiger partial charge in [-0.05, 0) is 24.6 Å². The van der Waals surface area contributed by atoms with Crippen LogP contribution in [0, 0.1) is 6.92 Å². The quantitative estimate of drug-likeness (QED) is 0.693. The molecule has 0 fully saturated rings. The van der Waals surface area contributed by atoms with Gasteiger partial charge >= 0.3 is 5.69 Å². The Bertz CT molecular complexity index is 796. The molecule has 0 radical (unpaired) electrons. The summed E-state index contributed by atoms with van der Waals surface area (Å²) in [5, 5.41) is 0.516. The van der Waals surface area contributed by atoms with E-state index >= 15 is 0 Å². The molecule has 20 heavy (non-hydrogen) atoms. The monoisotopic (exact) mass is 283 g/mol. The number of hydrogen-bond donors (Lipinski definition) is 0. The van der Waals surface area contributed by atoms with Crippen LogP contribution in [0.25, 0.3) is 5.65 Å². The number of fused-ring (bicyclic) bond motifs is 1. The predicted octanol–water partition coefficient (Wildman–Crippen LogP) is 2.69. The second-order valence-corrected chi connectivity index (χ2v) is 5.43. The van der Waals surface area contributed by atoms with Gasteiger partial charge in [-0.25, -0.2) is 9.78 Å². The molecule has 0 aliphatic carbocycles. The highest BCUT2D eigenvalue weighted by Gasteiger charge is 2.04. The fourth-order valence-corrected chi connectivity index (χ4v) is 2.63. The molecule has 100 valence electrons. The number of benzene rings is 1.